The first kappa shape index (κ1) is 26.8. The van der Waals surface area contributed by atoms with Gasteiger partial charge in [0.15, 0.2) is 5.82 Å². The Hall–Kier alpha value is -2.43. The summed E-state index contributed by atoms with van der Waals surface area (Å²) >= 11 is 0. The van der Waals surface area contributed by atoms with Crippen LogP contribution in [0.4, 0.5) is 17.6 Å². The van der Waals surface area contributed by atoms with Gasteiger partial charge in [-0.05, 0) is 31.1 Å². The molecule has 2 rings (SSSR count). The smallest absolute Gasteiger partial charge is 0.235 e. The van der Waals surface area contributed by atoms with Crippen molar-refractivity contribution in [1.82, 2.24) is 15.0 Å². The number of anilines is 3. The minimum atomic E-state index is 0.236. The lowest BCUT2D eigenvalue weighted by atomic mass is 10.0. The summed E-state index contributed by atoms with van der Waals surface area (Å²) in [5.41, 5.74) is 7.82. The minimum absolute atomic E-state index is 0.236. The fourth-order valence-corrected chi connectivity index (χ4v) is 4.11. The van der Waals surface area contributed by atoms with Crippen molar-refractivity contribution in [2.75, 3.05) is 17.2 Å². The lowest BCUT2D eigenvalue weighted by Gasteiger charge is -2.23. The van der Waals surface area contributed by atoms with Gasteiger partial charge in [-0.2, -0.15) is 15.0 Å². The molecule has 2 aromatic rings. The van der Waals surface area contributed by atoms with Crippen LogP contribution >= 0.6 is 0 Å². The van der Waals surface area contributed by atoms with Gasteiger partial charge >= 0.3 is 0 Å². The van der Waals surface area contributed by atoms with Gasteiger partial charge in [0, 0.05) is 12.2 Å². The van der Waals surface area contributed by atoms with Crippen molar-refractivity contribution in [2.24, 2.45) is 0 Å². The van der Waals surface area contributed by atoms with E-state index in [1.54, 1.807) is 0 Å². The molecule has 5 heteroatoms. The second-order valence-corrected chi connectivity index (χ2v) is 9.18. The molecule has 0 aliphatic carbocycles. The molecule has 33 heavy (non-hydrogen) atoms. The first-order valence-corrected chi connectivity index (χ1v) is 13.1. The highest BCUT2D eigenvalue weighted by atomic mass is 15.3. The molecule has 0 spiro atoms. The Morgan fingerprint density at radius 2 is 1.27 bits per heavy atom. The number of nitrogens with two attached hydrogens (primary N) is 1. The van der Waals surface area contributed by atoms with E-state index in [0.717, 1.165) is 24.2 Å². The fraction of sp³-hybridized carbons (Fsp3) is 0.607. The standard InChI is InChI=1S/C28H45N5/c1-4-5-6-7-8-9-10-11-12-13-14-15-16-20-23-33(25-21-18-17-19-22-25)28-31-26(24(2)3)30-27(29)32-28/h17-19,21-22H,2,4-16,20,23H2,1,3H3,(H2,29,30,31,32). The van der Waals surface area contributed by atoms with Crippen LogP contribution in [0.5, 0.6) is 0 Å². The zero-order valence-corrected chi connectivity index (χ0v) is 21.1. The number of unbranched alkanes of at least 4 members (excludes halogenated alkanes) is 13. The molecule has 0 unspecified atom stereocenters. The number of hydrogen-bond donors (Lipinski definition) is 1. The molecule has 0 aliphatic rings. The number of nitrogen functional groups attached to an aromatic ring is 1. The van der Waals surface area contributed by atoms with Crippen molar-refractivity contribution in [1.29, 1.82) is 0 Å². The third kappa shape index (κ3) is 10.8. The van der Waals surface area contributed by atoms with Gasteiger partial charge in [-0.3, -0.25) is 0 Å². The first-order chi connectivity index (χ1) is 16.1. The predicted octanol–water partition coefficient (Wildman–Crippen LogP) is 8.11. The van der Waals surface area contributed by atoms with Crippen LogP contribution in [-0.4, -0.2) is 21.5 Å². The number of allylic oxidation sites excluding steroid dienone is 1. The highest BCUT2D eigenvalue weighted by Gasteiger charge is 2.15. The number of rotatable bonds is 18. The van der Waals surface area contributed by atoms with Crippen LogP contribution in [-0.2, 0) is 0 Å². The van der Waals surface area contributed by atoms with Crippen LogP contribution in [0.15, 0.2) is 36.9 Å². The topological polar surface area (TPSA) is 67.9 Å². The molecule has 0 radical (unpaired) electrons. The molecule has 0 amide bonds. The maximum Gasteiger partial charge on any atom is 0.235 e. The van der Waals surface area contributed by atoms with E-state index >= 15 is 0 Å². The summed E-state index contributed by atoms with van der Waals surface area (Å²) in [6.45, 7) is 8.99. The minimum Gasteiger partial charge on any atom is -0.368 e. The van der Waals surface area contributed by atoms with Crippen LogP contribution in [0.25, 0.3) is 5.57 Å². The molecule has 1 aromatic carbocycles. The van der Waals surface area contributed by atoms with Crippen molar-refractivity contribution in [3.05, 3.63) is 42.7 Å². The van der Waals surface area contributed by atoms with E-state index in [1.165, 1.54) is 83.5 Å². The Morgan fingerprint density at radius 1 is 0.758 bits per heavy atom. The largest absolute Gasteiger partial charge is 0.368 e. The molecule has 0 bridgehead atoms. The average Bonchev–Trinajstić information content (AvgIpc) is 2.81. The normalized spacial score (nSPS) is 11.0. The van der Waals surface area contributed by atoms with Crippen molar-refractivity contribution in [2.45, 2.75) is 104 Å². The molecule has 1 heterocycles. The maximum atomic E-state index is 5.96. The van der Waals surface area contributed by atoms with Gasteiger partial charge in [0.05, 0.1) is 0 Å². The Morgan fingerprint density at radius 3 is 1.79 bits per heavy atom. The molecule has 2 N–H and O–H groups in total. The Balaban J connectivity index is 1.70. The predicted molar refractivity (Wildman–Crippen MR) is 143 cm³/mol. The van der Waals surface area contributed by atoms with Gasteiger partial charge in [-0.25, -0.2) is 0 Å². The van der Waals surface area contributed by atoms with E-state index in [2.05, 4.69) is 45.5 Å². The summed E-state index contributed by atoms with van der Waals surface area (Å²) in [4.78, 5) is 15.4. The monoisotopic (exact) mass is 451 g/mol. The molecule has 0 atom stereocenters. The van der Waals surface area contributed by atoms with Crippen LogP contribution in [0.2, 0.25) is 0 Å². The fourth-order valence-electron chi connectivity index (χ4n) is 4.11. The second-order valence-electron chi connectivity index (χ2n) is 9.18. The summed E-state index contributed by atoms with van der Waals surface area (Å²) in [7, 11) is 0. The Bertz CT molecular complexity index is 790. The van der Waals surface area contributed by atoms with Gasteiger partial charge in [-0.15, -0.1) is 0 Å². The number of hydrogen-bond acceptors (Lipinski definition) is 5. The molecular weight excluding hydrogens is 406 g/mol. The molecule has 0 saturated carbocycles. The summed E-state index contributed by atoms with van der Waals surface area (Å²) in [6, 6.07) is 10.3. The van der Waals surface area contributed by atoms with Crippen molar-refractivity contribution < 1.29 is 0 Å². The van der Waals surface area contributed by atoms with E-state index in [-0.39, 0.29) is 5.95 Å². The first-order valence-electron chi connectivity index (χ1n) is 13.1. The van der Waals surface area contributed by atoms with Gasteiger partial charge < -0.3 is 10.6 Å². The molecular formula is C28H45N5. The maximum absolute atomic E-state index is 5.96. The second kappa shape index (κ2) is 16.2. The molecule has 1 aromatic heterocycles. The molecule has 5 nitrogen and oxygen atoms in total. The number of aromatic nitrogens is 3. The van der Waals surface area contributed by atoms with Crippen molar-refractivity contribution in [3.63, 3.8) is 0 Å². The molecule has 0 fully saturated rings. The van der Waals surface area contributed by atoms with Gasteiger partial charge in [0.1, 0.15) is 0 Å². The summed E-state index contributed by atoms with van der Waals surface area (Å²) in [5.74, 6) is 1.39. The Labute approximate surface area is 201 Å². The summed E-state index contributed by atoms with van der Waals surface area (Å²) in [5, 5.41) is 0. The molecule has 182 valence electrons. The number of para-hydroxylation sites is 1. The SMILES string of the molecule is C=C(C)c1nc(N)nc(N(CCCCCCCCCCCCCCCC)c2ccccc2)n1. The van der Waals surface area contributed by atoms with Gasteiger partial charge in [0.2, 0.25) is 11.9 Å². The third-order valence-corrected chi connectivity index (χ3v) is 6.07. The zero-order valence-electron chi connectivity index (χ0n) is 21.1. The summed E-state index contributed by atoms with van der Waals surface area (Å²) in [6.07, 6.45) is 19.0. The average molecular weight is 452 g/mol. The van der Waals surface area contributed by atoms with Crippen LogP contribution in [0.1, 0.15) is 110 Å². The third-order valence-electron chi connectivity index (χ3n) is 6.07. The lowest BCUT2D eigenvalue weighted by molar-refractivity contribution is 0.536. The van der Waals surface area contributed by atoms with Gasteiger partial charge in [-0.1, -0.05) is 115 Å². The molecule has 0 aliphatic heterocycles. The van der Waals surface area contributed by atoms with Crippen LogP contribution in [0.3, 0.4) is 0 Å². The highest BCUT2D eigenvalue weighted by Crippen LogP contribution is 2.24. The van der Waals surface area contributed by atoms with Crippen LogP contribution < -0.4 is 10.6 Å². The van der Waals surface area contributed by atoms with E-state index in [0.29, 0.717) is 11.8 Å². The van der Waals surface area contributed by atoms with Crippen molar-refractivity contribution in [3.8, 4) is 0 Å². The van der Waals surface area contributed by atoms with Crippen molar-refractivity contribution >= 4 is 23.2 Å². The zero-order chi connectivity index (χ0) is 23.7. The molecule has 0 saturated heterocycles. The highest BCUT2D eigenvalue weighted by molar-refractivity contribution is 5.61. The van der Waals surface area contributed by atoms with Crippen LogP contribution in [0, 0.1) is 0 Å². The number of benzene rings is 1. The lowest BCUT2D eigenvalue weighted by Crippen LogP contribution is -2.22. The number of nitrogens with zero attached hydrogens (tertiary/aromatic N) is 4. The summed E-state index contributed by atoms with van der Waals surface area (Å²) < 4.78 is 0. The van der Waals surface area contributed by atoms with E-state index in [9.17, 15) is 0 Å². The Kier molecular flexibility index (Phi) is 13.2. The van der Waals surface area contributed by atoms with E-state index in [4.69, 9.17) is 5.73 Å². The van der Waals surface area contributed by atoms with E-state index in [1.807, 2.05) is 25.1 Å². The van der Waals surface area contributed by atoms with E-state index < -0.39 is 0 Å². The quantitative estimate of drug-likeness (QED) is 0.232. The van der Waals surface area contributed by atoms with Gasteiger partial charge in [0.25, 0.3) is 0 Å².